The van der Waals surface area contributed by atoms with E-state index in [0.29, 0.717) is 0 Å². The molecule has 0 aliphatic carbocycles. The van der Waals surface area contributed by atoms with Crippen LogP contribution in [0.25, 0.3) is 0 Å². The maximum Gasteiger partial charge on any atom is 0.329 e. The van der Waals surface area contributed by atoms with Crippen molar-refractivity contribution < 1.29 is 27.5 Å². The van der Waals surface area contributed by atoms with Gasteiger partial charge in [-0.05, 0) is 13.8 Å². The Morgan fingerprint density at radius 1 is 1.24 bits per heavy atom. The summed E-state index contributed by atoms with van der Waals surface area (Å²) in [7, 11) is 0.200. The van der Waals surface area contributed by atoms with E-state index < -0.39 is 27.4 Å². The lowest BCUT2D eigenvalue weighted by Gasteiger charge is -2.31. The van der Waals surface area contributed by atoms with Crippen LogP contribution in [-0.2, 0) is 14.8 Å². The normalized spacial score (nSPS) is 12.5. The molecule has 0 atom stereocenters. The molecule has 1 amide bonds. The molecule has 1 N–H and O–H groups in total. The fourth-order valence-electron chi connectivity index (χ4n) is 1.33. The van der Waals surface area contributed by atoms with E-state index in [1.165, 1.54) is 35.0 Å². The summed E-state index contributed by atoms with van der Waals surface area (Å²) in [5, 5.41) is 8.72. The average molecular weight is 318 g/mol. The molecular weight excluding hydrogens is 300 g/mol. The van der Waals surface area contributed by atoms with Gasteiger partial charge in [0.15, 0.2) is 0 Å². The number of nitrogens with zero attached hydrogens (tertiary/aromatic N) is 2. The van der Waals surface area contributed by atoms with E-state index >= 15 is 0 Å². The zero-order valence-corrected chi connectivity index (χ0v) is 13.3. The second-order valence-electron chi connectivity index (χ2n) is 5.17. The summed E-state index contributed by atoms with van der Waals surface area (Å²) in [6, 6.07) is 1.08. The molecule has 0 bridgehead atoms. The van der Waals surface area contributed by atoms with E-state index in [1.54, 1.807) is 0 Å². The van der Waals surface area contributed by atoms with Gasteiger partial charge in [-0.3, -0.25) is 4.79 Å². The number of sulfonamides is 1. The molecule has 0 unspecified atom stereocenters. The van der Waals surface area contributed by atoms with E-state index in [2.05, 4.69) is 0 Å². The van der Waals surface area contributed by atoms with Crippen molar-refractivity contribution in [2.75, 3.05) is 21.1 Å². The minimum atomic E-state index is -3.79. The van der Waals surface area contributed by atoms with Crippen LogP contribution in [0, 0.1) is 0 Å². The predicted octanol–water partition coefficient (Wildman–Crippen LogP) is 0.465. The fraction of sp³-hybridized carbons (Fsp3) is 0.500. The minimum Gasteiger partial charge on any atom is -0.480 e. The number of carboxylic acid groups (broad SMARTS) is 1. The quantitative estimate of drug-likeness (QED) is 0.845. The van der Waals surface area contributed by atoms with Crippen LogP contribution in [0.4, 0.5) is 0 Å². The van der Waals surface area contributed by atoms with Gasteiger partial charge in [-0.25, -0.2) is 17.5 Å². The average Bonchev–Trinajstić information content (AvgIpc) is 2.86. The third kappa shape index (κ3) is 3.08. The van der Waals surface area contributed by atoms with Crippen LogP contribution in [0.5, 0.6) is 0 Å². The molecule has 0 aliphatic rings. The first kappa shape index (κ1) is 17.2. The molecule has 0 radical (unpaired) electrons. The topological polar surface area (TPSA) is 108 Å². The van der Waals surface area contributed by atoms with Crippen LogP contribution in [0.15, 0.2) is 21.8 Å². The molecule has 1 rings (SSSR count). The number of hydrogen-bond donors (Lipinski definition) is 1. The minimum absolute atomic E-state index is 0.0350. The molecule has 0 aliphatic heterocycles. The first-order valence-electron chi connectivity index (χ1n) is 5.95. The highest BCUT2D eigenvalue weighted by molar-refractivity contribution is 7.88. The summed E-state index contributed by atoms with van der Waals surface area (Å²) in [6.07, 6.45) is 0.993. The Morgan fingerprint density at radius 2 is 1.76 bits per heavy atom. The zero-order chi connectivity index (χ0) is 16.6. The molecule has 1 aromatic rings. The van der Waals surface area contributed by atoms with Crippen molar-refractivity contribution in [3.05, 3.63) is 17.9 Å². The number of hydrogen-bond acceptors (Lipinski definition) is 5. The van der Waals surface area contributed by atoms with Crippen LogP contribution in [0.1, 0.15) is 24.2 Å². The van der Waals surface area contributed by atoms with E-state index in [1.807, 2.05) is 0 Å². The zero-order valence-electron chi connectivity index (χ0n) is 12.4. The predicted molar refractivity (Wildman–Crippen MR) is 73.4 cm³/mol. The molecule has 1 heterocycles. The van der Waals surface area contributed by atoms with Crippen molar-refractivity contribution >= 4 is 21.9 Å². The van der Waals surface area contributed by atoms with Crippen LogP contribution in [0.2, 0.25) is 0 Å². The number of furan rings is 1. The molecular formula is C12H18N2O6S. The number of rotatable bonds is 5. The highest BCUT2D eigenvalue weighted by Crippen LogP contribution is 2.21. The van der Waals surface area contributed by atoms with E-state index in [9.17, 15) is 18.0 Å². The van der Waals surface area contributed by atoms with Crippen LogP contribution in [-0.4, -0.2) is 61.3 Å². The summed E-state index contributed by atoms with van der Waals surface area (Å²) in [5.74, 6) is -1.82. The maximum atomic E-state index is 12.2. The number of carbonyl (C=O) groups is 2. The van der Waals surface area contributed by atoms with Crippen molar-refractivity contribution in [3.63, 3.8) is 0 Å². The summed E-state index contributed by atoms with van der Waals surface area (Å²) in [6.45, 7) is 2.73. The first-order chi connectivity index (χ1) is 9.42. The van der Waals surface area contributed by atoms with Gasteiger partial charge in [-0.2, -0.15) is 0 Å². The molecule has 9 heteroatoms. The molecule has 0 saturated heterocycles. The van der Waals surface area contributed by atoms with Crippen molar-refractivity contribution in [2.45, 2.75) is 24.5 Å². The molecule has 21 heavy (non-hydrogen) atoms. The molecule has 118 valence electrons. The Bertz CT molecular complexity index is 659. The smallest absolute Gasteiger partial charge is 0.329 e. The number of amides is 1. The van der Waals surface area contributed by atoms with Gasteiger partial charge in [0.2, 0.25) is 5.09 Å². The standard InChI is InChI=1S/C12H18N2O6S/c1-12(2,11(16)17)14(5)10(15)8-6-9(20-7-8)21(18,19)13(3)4/h6-7H,1-5H3,(H,16,17). The van der Waals surface area contributed by atoms with Gasteiger partial charge in [0, 0.05) is 27.2 Å². The van der Waals surface area contributed by atoms with E-state index in [-0.39, 0.29) is 10.7 Å². The number of carbonyl (C=O) groups excluding carboxylic acids is 1. The Morgan fingerprint density at radius 3 is 2.19 bits per heavy atom. The number of likely N-dealkylation sites (N-methyl/N-ethyl adjacent to an activating group) is 1. The van der Waals surface area contributed by atoms with Crippen molar-refractivity contribution in [1.82, 2.24) is 9.21 Å². The van der Waals surface area contributed by atoms with Gasteiger partial charge in [-0.15, -0.1) is 0 Å². The Hall–Kier alpha value is -1.87. The molecule has 0 saturated carbocycles. The Kier molecular flexibility index (Phi) is 4.49. The van der Waals surface area contributed by atoms with Gasteiger partial charge in [0.05, 0.1) is 5.56 Å². The van der Waals surface area contributed by atoms with E-state index in [0.717, 1.165) is 21.5 Å². The largest absolute Gasteiger partial charge is 0.480 e. The third-order valence-electron chi connectivity index (χ3n) is 3.22. The first-order valence-corrected chi connectivity index (χ1v) is 7.39. The highest BCUT2D eigenvalue weighted by atomic mass is 32.2. The molecule has 0 fully saturated rings. The highest BCUT2D eigenvalue weighted by Gasteiger charge is 2.36. The lowest BCUT2D eigenvalue weighted by molar-refractivity contribution is -0.147. The lowest BCUT2D eigenvalue weighted by atomic mass is 10.0. The second-order valence-corrected chi connectivity index (χ2v) is 7.25. The van der Waals surface area contributed by atoms with Gasteiger partial charge < -0.3 is 14.4 Å². The van der Waals surface area contributed by atoms with Crippen LogP contribution in [0.3, 0.4) is 0 Å². The van der Waals surface area contributed by atoms with Crippen molar-refractivity contribution in [2.24, 2.45) is 0 Å². The number of aliphatic carboxylic acids is 1. The van der Waals surface area contributed by atoms with E-state index in [4.69, 9.17) is 9.52 Å². The maximum absolute atomic E-state index is 12.2. The van der Waals surface area contributed by atoms with Crippen molar-refractivity contribution in [3.8, 4) is 0 Å². The van der Waals surface area contributed by atoms with Crippen LogP contribution < -0.4 is 0 Å². The Balaban J connectivity index is 3.13. The Labute approximate surface area is 123 Å². The van der Waals surface area contributed by atoms with Gasteiger partial charge in [0.1, 0.15) is 11.8 Å². The second kappa shape index (κ2) is 5.49. The summed E-state index contributed by atoms with van der Waals surface area (Å²) >= 11 is 0. The molecule has 1 aromatic heterocycles. The third-order valence-corrected chi connectivity index (χ3v) is 4.91. The summed E-state index contributed by atoms with van der Waals surface area (Å²) in [4.78, 5) is 24.3. The number of carboxylic acids is 1. The summed E-state index contributed by atoms with van der Waals surface area (Å²) in [5.41, 5.74) is -1.47. The van der Waals surface area contributed by atoms with Gasteiger partial charge >= 0.3 is 5.97 Å². The van der Waals surface area contributed by atoms with Gasteiger partial charge in [0.25, 0.3) is 15.9 Å². The molecule has 0 spiro atoms. The fourth-order valence-corrected chi connectivity index (χ4v) is 2.14. The van der Waals surface area contributed by atoms with Crippen LogP contribution >= 0.6 is 0 Å². The summed E-state index contributed by atoms with van der Waals surface area (Å²) < 4.78 is 29.6. The monoisotopic (exact) mass is 318 g/mol. The molecule has 0 aromatic carbocycles. The van der Waals surface area contributed by atoms with Gasteiger partial charge in [-0.1, -0.05) is 0 Å². The molecule has 8 nitrogen and oxygen atoms in total. The van der Waals surface area contributed by atoms with Crippen molar-refractivity contribution in [1.29, 1.82) is 0 Å². The SMILES string of the molecule is CN(C(=O)c1coc(S(=O)(=O)N(C)C)c1)C(C)(C)C(=O)O. The lowest BCUT2D eigenvalue weighted by Crippen LogP contribution is -2.50.